The molecule has 1 atom stereocenters. The third-order valence-corrected chi connectivity index (χ3v) is 2.74. The second-order valence-electron chi connectivity index (χ2n) is 3.99. The molecule has 0 bridgehead atoms. The van der Waals surface area contributed by atoms with Gasteiger partial charge in [-0.2, -0.15) is 13.2 Å². The first-order chi connectivity index (χ1) is 8.38. The SMILES string of the molecule is CCN(CC(CN)C(F)(F)F)c1cccc(F)c1. The minimum absolute atomic E-state index is 0.264. The summed E-state index contributed by atoms with van der Waals surface area (Å²) in [6.07, 6.45) is -4.34. The van der Waals surface area contributed by atoms with E-state index in [2.05, 4.69) is 0 Å². The van der Waals surface area contributed by atoms with Crippen LogP contribution in [0, 0.1) is 11.7 Å². The number of hydrogen-bond acceptors (Lipinski definition) is 2. The Hall–Kier alpha value is -1.30. The maximum Gasteiger partial charge on any atom is 0.394 e. The average molecular weight is 264 g/mol. The van der Waals surface area contributed by atoms with E-state index in [9.17, 15) is 17.6 Å². The summed E-state index contributed by atoms with van der Waals surface area (Å²) in [5, 5.41) is 0. The Labute approximate surface area is 103 Å². The van der Waals surface area contributed by atoms with Crippen molar-refractivity contribution in [2.24, 2.45) is 11.7 Å². The van der Waals surface area contributed by atoms with Crippen LogP contribution in [0.1, 0.15) is 6.92 Å². The van der Waals surface area contributed by atoms with E-state index in [4.69, 9.17) is 5.73 Å². The molecule has 0 aliphatic carbocycles. The molecule has 1 rings (SSSR count). The molecule has 1 unspecified atom stereocenters. The molecule has 6 heteroatoms. The zero-order chi connectivity index (χ0) is 13.8. The first-order valence-electron chi connectivity index (χ1n) is 5.65. The summed E-state index contributed by atoms with van der Waals surface area (Å²) in [6, 6.07) is 5.52. The number of alkyl halides is 3. The molecule has 0 aliphatic heterocycles. The Kier molecular flexibility index (Phi) is 4.95. The highest BCUT2D eigenvalue weighted by molar-refractivity contribution is 5.46. The van der Waals surface area contributed by atoms with Crippen LogP contribution in [-0.4, -0.2) is 25.8 Å². The molecule has 0 saturated carbocycles. The third kappa shape index (κ3) is 3.87. The molecule has 0 radical (unpaired) electrons. The Balaban J connectivity index is 2.84. The van der Waals surface area contributed by atoms with Crippen LogP contribution in [0.2, 0.25) is 0 Å². The molecule has 102 valence electrons. The van der Waals surface area contributed by atoms with Crippen LogP contribution in [-0.2, 0) is 0 Å². The van der Waals surface area contributed by atoms with E-state index in [1.54, 1.807) is 13.0 Å². The summed E-state index contributed by atoms with van der Waals surface area (Å²) < 4.78 is 50.9. The number of rotatable bonds is 5. The van der Waals surface area contributed by atoms with Gasteiger partial charge >= 0.3 is 6.18 Å². The van der Waals surface area contributed by atoms with Gasteiger partial charge in [-0.05, 0) is 25.1 Å². The Morgan fingerprint density at radius 2 is 2.00 bits per heavy atom. The summed E-state index contributed by atoms with van der Waals surface area (Å²) in [6.45, 7) is 1.33. The Bertz CT molecular complexity index is 379. The molecular weight excluding hydrogens is 248 g/mol. The van der Waals surface area contributed by atoms with E-state index in [0.717, 1.165) is 0 Å². The van der Waals surface area contributed by atoms with Crippen LogP contribution in [0.4, 0.5) is 23.2 Å². The predicted octanol–water partition coefficient (Wildman–Crippen LogP) is 2.79. The lowest BCUT2D eigenvalue weighted by atomic mass is 10.1. The van der Waals surface area contributed by atoms with Gasteiger partial charge in [0.15, 0.2) is 0 Å². The second-order valence-corrected chi connectivity index (χ2v) is 3.99. The zero-order valence-electron chi connectivity index (χ0n) is 10.0. The van der Waals surface area contributed by atoms with E-state index in [1.165, 1.54) is 23.1 Å². The van der Waals surface area contributed by atoms with Crippen molar-refractivity contribution in [3.05, 3.63) is 30.1 Å². The molecule has 1 aromatic rings. The van der Waals surface area contributed by atoms with Crippen molar-refractivity contribution in [1.29, 1.82) is 0 Å². The molecular formula is C12H16F4N2. The van der Waals surface area contributed by atoms with Crippen LogP contribution >= 0.6 is 0 Å². The summed E-state index contributed by atoms with van der Waals surface area (Å²) in [7, 11) is 0. The molecule has 0 fully saturated rings. The highest BCUT2D eigenvalue weighted by atomic mass is 19.4. The van der Waals surface area contributed by atoms with Crippen molar-refractivity contribution in [2.75, 3.05) is 24.5 Å². The highest BCUT2D eigenvalue weighted by Crippen LogP contribution is 2.27. The normalized spacial score (nSPS) is 13.4. The average Bonchev–Trinajstić information content (AvgIpc) is 2.28. The predicted molar refractivity (Wildman–Crippen MR) is 62.9 cm³/mol. The number of nitrogens with zero attached hydrogens (tertiary/aromatic N) is 1. The zero-order valence-corrected chi connectivity index (χ0v) is 10.0. The van der Waals surface area contributed by atoms with Crippen molar-refractivity contribution in [2.45, 2.75) is 13.1 Å². The van der Waals surface area contributed by atoms with Crippen LogP contribution in [0.5, 0.6) is 0 Å². The molecule has 0 spiro atoms. The van der Waals surface area contributed by atoms with Gasteiger partial charge in [-0.1, -0.05) is 6.07 Å². The van der Waals surface area contributed by atoms with Gasteiger partial charge in [0.25, 0.3) is 0 Å². The topological polar surface area (TPSA) is 29.3 Å². The molecule has 0 heterocycles. The first-order valence-corrected chi connectivity index (χ1v) is 5.65. The van der Waals surface area contributed by atoms with Gasteiger partial charge < -0.3 is 10.6 Å². The van der Waals surface area contributed by atoms with E-state index >= 15 is 0 Å². The van der Waals surface area contributed by atoms with Gasteiger partial charge in [0, 0.05) is 25.3 Å². The van der Waals surface area contributed by atoms with Gasteiger partial charge in [0.1, 0.15) is 5.82 Å². The Morgan fingerprint density at radius 1 is 1.33 bits per heavy atom. The third-order valence-electron chi connectivity index (χ3n) is 2.74. The Morgan fingerprint density at radius 3 is 2.44 bits per heavy atom. The number of hydrogen-bond donors (Lipinski definition) is 1. The second kappa shape index (κ2) is 6.04. The largest absolute Gasteiger partial charge is 0.394 e. The summed E-state index contributed by atoms with van der Waals surface area (Å²) in [5.74, 6) is -2.08. The molecule has 2 nitrogen and oxygen atoms in total. The van der Waals surface area contributed by atoms with Crippen LogP contribution < -0.4 is 10.6 Å². The van der Waals surface area contributed by atoms with E-state index in [-0.39, 0.29) is 6.54 Å². The molecule has 1 aromatic carbocycles. The number of nitrogens with two attached hydrogens (primary N) is 1. The molecule has 0 aromatic heterocycles. The minimum atomic E-state index is -4.34. The lowest BCUT2D eigenvalue weighted by Crippen LogP contribution is -2.41. The monoisotopic (exact) mass is 264 g/mol. The standard InChI is InChI=1S/C12H16F4N2/c1-2-18(8-9(7-17)12(14,15)16)11-5-3-4-10(13)6-11/h3-6,9H,2,7-8,17H2,1H3. The van der Waals surface area contributed by atoms with E-state index < -0.39 is 24.5 Å². The molecule has 0 amide bonds. The van der Waals surface area contributed by atoms with Gasteiger partial charge in [-0.3, -0.25) is 0 Å². The quantitative estimate of drug-likeness (QED) is 0.829. The fourth-order valence-electron chi connectivity index (χ4n) is 1.67. The van der Waals surface area contributed by atoms with Crippen molar-refractivity contribution in [3.8, 4) is 0 Å². The van der Waals surface area contributed by atoms with Crippen molar-refractivity contribution >= 4 is 5.69 Å². The summed E-state index contributed by atoms with van der Waals surface area (Å²) in [5.41, 5.74) is 5.58. The van der Waals surface area contributed by atoms with Gasteiger partial charge in [0.2, 0.25) is 0 Å². The number of benzene rings is 1. The molecule has 2 N–H and O–H groups in total. The number of halogens is 4. The number of anilines is 1. The maximum absolute atomic E-state index is 13.0. The summed E-state index contributed by atoms with van der Waals surface area (Å²) >= 11 is 0. The van der Waals surface area contributed by atoms with Crippen molar-refractivity contribution in [3.63, 3.8) is 0 Å². The summed E-state index contributed by atoms with van der Waals surface area (Å²) in [4.78, 5) is 1.47. The van der Waals surface area contributed by atoms with Crippen molar-refractivity contribution < 1.29 is 17.6 Å². The molecule has 18 heavy (non-hydrogen) atoms. The molecule has 0 saturated heterocycles. The minimum Gasteiger partial charge on any atom is -0.371 e. The fourth-order valence-corrected chi connectivity index (χ4v) is 1.67. The smallest absolute Gasteiger partial charge is 0.371 e. The highest BCUT2D eigenvalue weighted by Gasteiger charge is 2.39. The van der Waals surface area contributed by atoms with Gasteiger partial charge in [-0.15, -0.1) is 0 Å². The van der Waals surface area contributed by atoms with E-state index in [1.807, 2.05) is 0 Å². The van der Waals surface area contributed by atoms with Crippen LogP contribution in [0.3, 0.4) is 0 Å². The van der Waals surface area contributed by atoms with Crippen LogP contribution in [0.25, 0.3) is 0 Å². The lowest BCUT2D eigenvalue weighted by molar-refractivity contribution is -0.168. The van der Waals surface area contributed by atoms with E-state index in [0.29, 0.717) is 12.2 Å². The molecule has 0 aliphatic rings. The lowest BCUT2D eigenvalue weighted by Gasteiger charge is -2.29. The fraction of sp³-hybridized carbons (Fsp3) is 0.500. The first kappa shape index (κ1) is 14.8. The van der Waals surface area contributed by atoms with Gasteiger partial charge in [-0.25, -0.2) is 4.39 Å². The van der Waals surface area contributed by atoms with Crippen molar-refractivity contribution in [1.82, 2.24) is 0 Å². The van der Waals surface area contributed by atoms with Gasteiger partial charge in [0.05, 0.1) is 5.92 Å². The maximum atomic E-state index is 13.0. The van der Waals surface area contributed by atoms with Crippen LogP contribution in [0.15, 0.2) is 24.3 Å².